The Bertz CT molecular complexity index is 896. The van der Waals surface area contributed by atoms with E-state index in [1.807, 2.05) is 32.0 Å². The lowest BCUT2D eigenvalue weighted by molar-refractivity contribution is -0.113. The van der Waals surface area contributed by atoms with Gasteiger partial charge in [0.15, 0.2) is 0 Å². The van der Waals surface area contributed by atoms with Crippen molar-refractivity contribution >= 4 is 35.1 Å². The van der Waals surface area contributed by atoms with E-state index in [1.54, 1.807) is 12.1 Å². The van der Waals surface area contributed by atoms with Gasteiger partial charge in [0, 0.05) is 11.8 Å². The molecule has 1 N–H and O–H groups in total. The van der Waals surface area contributed by atoms with Gasteiger partial charge >= 0.3 is 0 Å². The monoisotopic (exact) mass is 374 g/mol. The van der Waals surface area contributed by atoms with Gasteiger partial charge in [-0.05, 0) is 49.2 Å². The number of thioether (sulfide) groups is 1. The third-order valence-electron chi connectivity index (χ3n) is 3.48. The molecule has 1 aromatic carbocycles. The van der Waals surface area contributed by atoms with Crippen molar-refractivity contribution < 1.29 is 9.21 Å². The molecule has 0 unspecified atom stereocenters. The number of nitrogens with one attached hydrogen (secondary N) is 1. The molecule has 0 atom stereocenters. The second-order valence-electron chi connectivity index (χ2n) is 5.37. The molecule has 0 aliphatic rings. The molecule has 0 bridgehead atoms. The van der Waals surface area contributed by atoms with Crippen molar-refractivity contribution in [3.63, 3.8) is 0 Å². The van der Waals surface area contributed by atoms with Crippen LogP contribution in [-0.4, -0.2) is 26.8 Å². The minimum atomic E-state index is -0.217. The molecular weight excluding hydrogens is 360 g/mol. The number of rotatable bonds is 5. The summed E-state index contributed by atoms with van der Waals surface area (Å²) in [6.45, 7) is 4.07. The summed E-state index contributed by atoms with van der Waals surface area (Å²) in [6, 6.07) is 9.23. The minimum Gasteiger partial charge on any atom is -0.411 e. The van der Waals surface area contributed by atoms with Crippen LogP contribution in [0, 0.1) is 13.8 Å². The minimum absolute atomic E-state index is 0.138. The summed E-state index contributed by atoms with van der Waals surface area (Å²) in [7, 11) is 0. The first kappa shape index (κ1) is 17.4. The maximum atomic E-state index is 11.9. The van der Waals surface area contributed by atoms with Crippen LogP contribution in [0.4, 0.5) is 5.82 Å². The summed E-state index contributed by atoms with van der Waals surface area (Å²) in [6.07, 6.45) is 1.47. The summed E-state index contributed by atoms with van der Waals surface area (Å²) in [5.41, 5.74) is 3.21. The topological polar surface area (TPSA) is 80.9 Å². The highest BCUT2D eigenvalue weighted by molar-refractivity contribution is 7.99. The van der Waals surface area contributed by atoms with Crippen molar-refractivity contribution in [2.75, 3.05) is 11.1 Å². The number of aromatic nitrogens is 3. The molecule has 128 valence electrons. The molecule has 0 aliphatic heterocycles. The van der Waals surface area contributed by atoms with Crippen LogP contribution in [0.1, 0.15) is 11.1 Å². The van der Waals surface area contributed by atoms with E-state index in [2.05, 4.69) is 20.5 Å². The molecule has 25 heavy (non-hydrogen) atoms. The summed E-state index contributed by atoms with van der Waals surface area (Å²) in [4.78, 5) is 15.9. The quantitative estimate of drug-likeness (QED) is 0.676. The third-order valence-corrected chi connectivity index (χ3v) is 4.52. The summed E-state index contributed by atoms with van der Waals surface area (Å²) >= 11 is 6.92. The standard InChI is InChI=1S/C17H15ClN4O2S/c1-10-3-4-12(7-11(10)2)16-21-22-17(24-16)25-9-15(23)20-14-6-5-13(18)8-19-14/h3-8H,9H2,1-2H3,(H,19,20,23). The Morgan fingerprint density at radius 1 is 1.20 bits per heavy atom. The first-order valence-corrected chi connectivity index (χ1v) is 8.83. The lowest BCUT2D eigenvalue weighted by Gasteiger charge is -2.02. The SMILES string of the molecule is Cc1ccc(-c2nnc(SCC(=O)Nc3ccc(Cl)cn3)o2)cc1C. The Hall–Kier alpha value is -2.38. The fourth-order valence-corrected chi connectivity index (χ4v) is 2.69. The number of anilines is 1. The highest BCUT2D eigenvalue weighted by Gasteiger charge is 2.12. The highest BCUT2D eigenvalue weighted by Crippen LogP contribution is 2.24. The highest BCUT2D eigenvalue weighted by atomic mass is 35.5. The van der Waals surface area contributed by atoms with E-state index in [1.165, 1.54) is 23.5 Å². The van der Waals surface area contributed by atoms with Crippen molar-refractivity contribution in [3.05, 3.63) is 52.7 Å². The number of benzene rings is 1. The number of aryl methyl sites for hydroxylation is 2. The number of carbonyl (C=O) groups is 1. The van der Waals surface area contributed by atoms with Gasteiger partial charge in [-0.25, -0.2) is 4.98 Å². The first-order chi connectivity index (χ1) is 12.0. The number of nitrogens with zero attached hydrogens (tertiary/aromatic N) is 3. The maximum absolute atomic E-state index is 11.9. The van der Waals surface area contributed by atoms with Crippen LogP contribution in [0.3, 0.4) is 0 Å². The summed E-state index contributed by atoms with van der Waals surface area (Å²) in [5, 5.41) is 11.5. The van der Waals surface area contributed by atoms with Crippen LogP contribution in [-0.2, 0) is 4.79 Å². The van der Waals surface area contributed by atoms with E-state index in [0.717, 1.165) is 11.1 Å². The van der Waals surface area contributed by atoms with Crippen LogP contribution >= 0.6 is 23.4 Å². The van der Waals surface area contributed by atoms with Crippen LogP contribution in [0.5, 0.6) is 0 Å². The first-order valence-electron chi connectivity index (χ1n) is 7.46. The zero-order chi connectivity index (χ0) is 17.8. The molecule has 0 saturated carbocycles. The van der Waals surface area contributed by atoms with Crippen LogP contribution < -0.4 is 5.32 Å². The molecule has 1 amide bonds. The number of carbonyl (C=O) groups excluding carboxylic acids is 1. The molecule has 2 heterocycles. The molecule has 0 fully saturated rings. The molecule has 2 aromatic heterocycles. The van der Waals surface area contributed by atoms with Crippen molar-refractivity contribution in [1.29, 1.82) is 0 Å². The van der Waals surface area contributed by atoms with E-state index < -0.39 is 0 Å². The number of hydrogen-bond donors (Lipinski definition) is 1. The average molecular weight is 375 g/mol. The molecule has 3 aromatic rings. The maximum Gasteiger partial charge on any atom is 0.277 e. The Morgan fingerprint density at radius 3 is 2.76 bits per heavy atom. The third kappa shape index (κ3) is 4.58. The largest absolute Gasteiger partial charge is 0.411 e. The second kappa shape index (κ2) is 7.67. The lowest BCUT2D eigenvalue weighted by Crippen LogP contribution is -2.14. The van der Waals surface area contributed by atoms with Gasteiger partial charge in [-0.2, -0.15) is 0 Å². The van der Waals surface area contributed by atoms with Gasteiger partial charge in [-0.15, -0.1) is 10.2 Å². The molecule has 0 aliphatic carbocycles. The van der Waals surface area contributed by atoms with Crippen molar-refractivity contribution in [2.24, 2.45) is 0 Å². The molecule has 0 saturated heterocycles. The summed E-state index contributed by atoms with van der Waals surface area (Å²) < 4.78 is 5.61. The Labute approximate surface area is 154 Å². The summed E-state index contributed by atoms with van der Waals surface area (Å²) in [5.74, 6) is 0.797. The van der Waals surface area contributed by atoms with Gasteiger partial charge in [-0.3, -0.25) is 4.79 Å². The van der Waals surface area contributed by atoms with Gasteiger partial charge in [-0.1, -0.05) is 29.4 Å². The van der Waals surface area contributed by atoms with Crippen molar-refractivity contribution in [3.8, 4) is 11.5 Å². The predicted octanol–water partition coefficient (Wildman–Crippen LogP) is 4.13. The van der Waals surface area contributed by atoms with Gasteiger partial charge in [0.05, 0.1) is 10.8 Å². The van der Waals surface area contributed by atoms with E-state index in [4.69, 9.17) is 16.0 Å². The van der Waals surface area contributed by atoms with Crippen molar-refractivity contribution in [2.45, 2.75) is 19.1 Å². The number of hydrogen-bond acceptors (Lipinski definition) is 6. The van der Waals surface area contributed by atoms with E-state index in [0.29, 0.717) is 22.0 Å². The molecule has 0 radical (unpaired) electrons. The zero-order valence-corrected chi connectivity index (χ0v) is 15.2. The van der Waals surface area contributed by atoms with E-state index in [9.17, 15) is 4.79 Å². The fraction of sp³-hybridized carbons (Fsp3) is 0.176. The van der Waals surface area contributed by atoms with E-state index in [-0.39, 0.29) is 11.7 Å². The van der Waals surface area contributed by atoms with Gasteiger partial charge in [0.25, 0.3) is 5.22 Å². The Kier molecular flexibility index (Phi) is 5.35. The van der Waals surface area contributed by atoms with E-state index >= 15 is 0 Å². The zero-order valence-electron chi connectivity index (χ0n) is 13.6. The smallest absolute Gasteiger partial charge is 0.277 e. The number of halogens is 1. The average Bonchev–Trinajstić information content (AvgIpc) is 3.07. The lowest BCUT2D eigenvalue weighted by atomic mass is 10.1. The van der Waals surface area contributed by atoms with Crippen LogP contribution in [0.2, 0.25) is 5.02 Å². The van der Waals surface area contributed by atoms with Crippen LogP contribution in [0.15, 0.2) is 46.2 Å². The molecule has 3 rings (SSSR count). The second-order valence-corrected chi connectivity index (χ2v) is 6.73. The molecular formula is C17H15ClN4O2S. The van der Waals surface area contributed by atoms with Gasteiger partial charge in [0.2, 0.25) is 11.8 Å². The Morgan fingerprint density at radius 2 is 2.04 bits per heavy atom. The molecule has 6 nitrogen and oxygen atoms in total. The fourth-order valence-electron chi connectivity index (χ4n) is 2.02. The number of amides is 1. The van der Waals surface area contributed by atoms with Crippen molar-refractivity contribution in [1.82, 2.24) is 15.2 Å². The normalized spacial score (nSPS) is 10.7. The number of pyridine rings is 1. The Balaban J connectivity index is 1.58. The molecule has 0 spiro atoms. The molecule has 8 heteroatoms. The van der Waals surface area contributed by atoms with Crippen LogP contribution in [0.25, 0.3) is 11.5 Å². The van der Waals surface area contributed by atoms with Gasteiger partial charge in [0.1, 0.15) is 5.82 Å². The predicted molar refractivity (Wildman–Crippen MR) is 97.8 cm³/mol. The van der Waals surface area contributed by atoms with Gasteiger partial charge < -0.3 is 9.73 Å².